The molecule has 1 saturated heterocycles. The summed E-state index contributed by atoms with van der Waals surface area (Å²) in [7, 11) is 0. The Morgan fingerprint density at radius 3 is 3.00 bits per heavy atom. The van der Waals surface area contributed by atoms with Gasteiger partial charge in [-0.2, -0.15) is 11.8 Å². The highest BCUT2D eigenvalue weighted by Gasteiger charge is 2.20. The third-order valence-electron chi connectivity index (χ3n) is 2.50. The second-order valence-corrected chi connectivity index (χ2v) is 4.97. The first-order chi connectivity index (χ1) is 6.38. The van der Waals surface area contributed by atoms with Crippen molar-refractivity contribution in [2.45, 2.75) is 43.9 Å². The highest BCUT2D eigenvalue weighted by Crippen LogP contribution is 2.27. The molecule has 0 amide bonds. The van der Waals surface area contributed by atoms with Gasteiger partial charge in [0.2, 0.25) is 0 Å². The van der Waals surface area contributed by atoms with Gasteiger partial charge in [0.05, 0.1) is 0 Å². The zero-order valence-electron chi connectivity index (χ0n) is 8.59. The minimum absolute atomic E-state index is 0.533. The van der Waals surface area contributed by atoms with Crippen LogP contribution >= 0.6 is 11.8 Å². The van der Waals surface area contributed by atoms with E-state index in [1.165, 1.54) is 31.4 Å². The van der Waals surface area contributed by atoms with E-state index in [0.29, 0.717) is 6.04 Å². The standard InChI is InChI=1S/C11H21NS/c1-3-8-12-10(4-2)11-7-5-6-9-13-11/h4,10-12H,2-3,5-9H2,1H3. The largest absolute Gasteiger partial charge is 0.310 e. The van der Waals surface area contributed by atoms with Crippen molar-refractivity contribution in [1.29, 1.82) is 0 Å². The maximum Gasteiger partial charge on any atom is 0.0367 e. The van der Waals surface area contributed by atoms with E-state index in [9.17, 15) is 0 Å². The molecule has 0 bridgehead atoms. The molecule has 1 N–H and O–H groups in total. The summed E-state index contributed by atoms with van der Waals surface area (Å²) in [6.07, 6.45) is 7.45. The van der Waals surface area contributed by atoms with E-state index in [2.05, 4.69) is 36.7 Å². The molecule has 1 aliphatic rings. The van der Waals surface area contributed by atoms with E-state index >= 15 is 0 Å². The molecule has 1 rings (SSSR count). The first-order valence-electron chi connectivity index (χ1n) is 5.36. The molecule has 0 aliphatic carbocycles. The number of hydrogen-bond donors (Lipinski definition) is 1. The topological polar surface area (TPSA) is 12.0 Å². The van der Waals surface area contributed by atoms with Gasteiger partial charge in [-0.3, -0.25) is 0 Å². The average Bonchev–Trinajstić information content (AvgIpc) is 2.21. The van der Waals surface area contributed by atoms with E-state index in [-0.39, 0.29) is 0 Å². The Labute approximate surface area is 86.4 Å². The molecule has 1 nitrogen and oxygen atoms in total. The van der Waals surface area contributed by atoms with E-state index in [1.54, 1.807) is 0 Å². The van der Waals surface area contributed by atoms with Crippen LogP contribution in [0, 0.1) is 0 Å². The SMILES string of the molecule is C=CC(NCCC)C1CCCCS1. The van der Waals surface area contributed by atoms with E-state index < -0.39 is 0 Å². The van der Waals surface area contributed by atoms with Crippen molar-refractivity contribution in [3.05, 3.63) is 12.7 Å². The smallest absolute Gasteiger partial charge is 0.0367 e. The molecule has 0 aromatic carbocycles. The van der Waals surface area contributed by atoms with Gasteiger partial charge in [0.25, 0.3) is 0 Å². The van der Waals surface area contributed by atoms with Crippen LogP contribution in [0.25, 0.3) is 0 Å². The van der Waals surface area contributed by atoms with Crippen molar-refractivity contribution in [1.82, 2.24) is 5.32 Å². The predicted molar refractivity (Wildman–Crippen MR) is 62.4 cm³/mol. The fourth-order valence-corrected chi connectivity index (χ4v) is 3.15. The molecule has 1 fully saturated rings. The van der Waals surface area contributed by atoms with Crippen LogP contribution in [-0.2, 0) is 0 Å². The summed E-state index contributed by atoms with van der Waals surface area (Å²) in [5, 5.41) is 4.33. The summed E-state index contributed by atoms with van der Waals surface area (Å²) < 4.78 is 0. The fourth-order valence-electron chi connectivity index (χ4n) is 1.73. The molecular weight excluding hydrogens is 178 g/mol. The molecule has 1 heterocycles. The molecule has 13 heavy (non-hydrogen) atoms. The highest BCUT2D eigenvalue weighted by atomic mass is 32.2. The second-order valence-electron chi connectivity index (χ2n) is 3.62. The summed E-state index contributed by atoms with van der Waals surface area (Å²) in [5.74, 6) is 1.34. The Hall–Kier alpha value is 0.0500. The average molecular weight is 199 g/mol. The summed E-state index contributed by atoms with van der Waals surface area (Å²) >= 11 is 2.11. The maximum absolute atomic E-state index is 3.91. The van der Waals surface area contributed by atoms with Crippen molar-refractivity contribution in [2.75, 3.05) is 12.3 Å². The molecule has 76 valence electrons. The lowest BCUT2D eigenvalue weighted by molar-refractivity contribution is 0.526. The van der Waals surface area contributed by atoms with E-state index in [4.69, 9.17) is 0 Å². The predicted octanol–water partition coefficient (Wildman–Crippen LogP) is 2.83. The monoisotopic (exact) mass is 199 g/mol. The van der Waals surface area contributed by atoms with Crippen molar-refractivity contribution < 1.29 is 0 Å². The third kappa shape index (κ3) is 3.74. The quantitative estimate of drug-likeness (QED) is 0.683. The Balaban J connectivity index is 2.30. The van der Waals surface area contributed by atoms with Crippen LogP contribution in [0.3, 0.4) is 0 Å². The minimum Gasteiger partial charge on any atom is -0.310 e. The van der Waals surface area contributed by atoms with Gasteiger partial charge in [0, 0.05) is 11.3 Å². The molecule has 0 aromatic heterocycles. The summed E-state index contributed by atoms with van der Waals surface area (Å²) in [5.41, 5.74) is 0. The van der Waals surface area contributed by atoms with Gasteiger partial charge in [-0.15, -0.1) is 6.58 Å². The lowest BCUT2D eigenvalue weighted by Crippen LogP contribution is -2.38. The lowest BCUT2D eigenvalue weighted by Gasteiger charge is -2.28. The lowest BCUT2D eigenvalue weighted by atomic mass is 10.1. The van der Waals surface area contributed by atoms with Crippen LogP contribution in [0.15, 0.2) is 12.7 Å². The van der Waals surface area contributed by atoms with Crippen molar-refractivity contribution in [2.24, 2.45) is 0 Å². The molecule has 2 unspecified atom stereocenters. The third-order valence-corrected chi connectivity index (χ3v) is 3.98. The number of rotatable bonds is 5. The summed E-state index contributed by atoms with van der Waals surface area (Å²) in [6, 6.07) is 0.533. The zero-order chi connectivity index (χ0) is 9.52. The Morgan fingerprint density at radius 1 is 1.62 bits per heavy atom. The molecule has 0 spiro atoms. The van der Waals surface area contributed by atoms with Crippen LogP contribution in [0.1, 0.15) is 32.6 Å². The van der Waals surface area contributed by atoms with Crippen LogP contribution in [0.5, 0.6) is 0 Å². The molecule has 2 heteroatoms. The maximum atomic E-state index is 3.91. The molecule has 0 saturated carbocycles. The first-order valence-corrected chi connectivity index (χ1v) is 6.41. The zero-order valence-corrected chi connectivity index (χ0v) is 9.41. The van der Waals surface area contributed by atoms with Gasteiger partial charge >= 0.3 is 0 Å². The Morgan fingerprint density at radius 2 is 2.46 bits per heavy atom. The van der Waals surface area contributed by atoms with E-state index in [0.717, 1.165) is 11.8 Å². The Bertz CT molecular complexity index is 141. The van der Waals surface area contributed by atoms with Crippen LogP contribution in [0.2, 0.25) is 0 Å². The highest BCUT2D eigenvalue weighted by molar-refractivity contribution is 8.00. The number of nitrogens with one attached hydrogen (secondary N) is 1. The van der Waals surface area contributed by atoms with Crippen LogP contribution in [-0.4, -0.2) is 23.6 Å². The normalized spacial score (nSPS) is 25.5. The van der Waals surface area contributed by atoms with Crippen molar-refractivity contribution >= 4 is 11.8 Å². The van der Waals surface area contributed by atoms with Gasteiger partial charge in [0.1, 0.15) is 0 Å². The summed E-state index contributed by atoms with van der Waals surface area (Å²) in [4.78, 5) is 0. The fraction of sp³-hybridized carbons (Fsp3) is 0.818. The van der Waals surface area contributed by atoms with E-state index in [1.807, 2.05) is 0 Å². The van der Waals surface area contributed by atoms with Gasteiger partial charge in [-0.05, 0) is 31.6 Å². The van der Waals surface area contributed by atoms with Gasteiger partial charge < -0.3 is 5.32 Å². The number of hydrogen-bond acceptors (Lipinski definition) is 2. The van der Waals surface area contributed by atoms with Gasteiger partial charge in [-0.1, -0.05) is 19.4 Å². The van der Waals surface area contributed by atoms with Gasteiger partial charge in [-0.25, -0.2) is 0 Å². The molecule has 0 radical (unpaired) electrons. The van der Waals surface area contributed by atoms with Crippen LogP contribution in [0.4, 0.5) is 0 Å². The molecule has 0 aromatic rings. The molecule has 1 aliphatic heterocycles. The first kappa shape index (κ1) is 11.1. The molecule has 2 atom stereocenters. The second kappa shape index (κ2) is 6.50. The summed E-state index contributed by atoms with van der Waals surface area (Å²) in [6.45, 7) is 7.24. The van der Waals surface area contributed by atoms with Crippen LogP contribution < -0.4 is 5.32 Å². The minimum atomic E-state index is 0.533. The number of thioether (sulfide) groups is 1. The van der Waals surface area contributed by atoms with Gasteiger partial charge in [0.15, 0.2) is 0 Å². The molecular formula is C11H21NS. The van der Waals surface area contributed by atoms with Crippen molar-refractivity contribution in [3.8, 4) is 0 Å². The Kier molecular flexibility index (Phi) is 5.56. The van der Waals surface area contributed by atoms with Crippen molar-refractivity contribution in [3.63, 3.8) is 0 Å².